The van der Waals surface area contributed by atoms with Gasteiger partial charge in [0, 0.05) is 15.9 Å². The van der Waals surface area contributed by atoms with Crippen LogP contribution >= 0.6 is 27.7 Å². The van der Waals surface area contributed by atoms with E-state index in [1.165, 1.54) is 10.5 Å². The number of hydrogen-bond acceptors (Lipinski definition) is 2. The van der Waals surface area contributed by atoms with E-state index in [2.05, 4.69) is 28.9 Å². The predicted octanol–water partition coefficient (Wildman–Crippen LogP) is 3.02. The lowest BCUT2D eigenvalue weighted by Gasteiger charge is -2.07. The Morgan fingerprint density at radius 1 is 1.50 bits per heavy atom. The molecule has 0 aromatic heterocycles. The molecule has 0 bridgehead atoms. The summed E-state index contributed by atoms with van der Waals surface area (Å²) in [7, 11) is 0. The fourth-order valence-corrected chi connectivity index (χ4v) is 2.54. The van der Waals surface area contributed by atoms with Crippen LogP contribution in [0.15, 0.2) is 27.6 Å². The van der Waals surface area contributed by atoms with Gasteiger partial charge < -0.3 is 5.73 Å². The Labute approximate surface area is 85.9 Å². The Balaban J connectivity index is 3.00. The summed E-state index contributed by atoms with van der Waals surface area (Å²) in [5.74, 6) is 1.09. The average molecular weight is 246 g/mol. The Morgan fingerprint density at radius 3 is 2.83 bits per heavy atom. The van der Waals surface area contributed by atoms with Gasteiger partial charge >= 0.3 is 0 Å². The lowest BCUT2D eigenvalue weighted by molar-refractivity contribution is 1.02. The van der Waals surface area contributed by atoms with Crippen LogP contribution in [-0.4, -0.2) is 5.75 Å². The summed E-state index contributed by atoms with van der Waals surface area (Å²) in [6.07, 6.45) is 0. The summed E-state index contributed by atoms with van der Waals surface area (Å²) >= 11 is 5.31. The Hall–Kier alpha value is 0.01000. The van der Waals surface area contributed by atoms with Crippen molar-refractivity contribution in [1.29, 1.82) is 0 Å². The van der Waals surface area contributed by atoms with E-state index in [0.29, 0.717) is 6.54 Å². The largest absolute Gasteiger partial charge is 0.326 e. The van der Waals surface area contributed by atoms with E-state index in [1.54, 1.807) is 0 Å². The molecule has 0 unspecified atom stereocenters. The van der Waals surface area contributed by atoms with E-state index in [4.69, 9.17) is 5.73 Å². The van der Waals surface area contributed by atoms with Crippen LogP contribution < -0.4 is 5.73 Å². The van der Waals surface area contributed by atoms with Gasteiger partial charge in [-0.2, -0.15) is 0 Å². The van der Waals surface area contributed by atoms with Crippen LogP contribution in [-0.2, 0) is 6.54 Å². The quantitative estimate of drug-likeness (QED) is 0.829. The van der Waals surface area contributed by atoms with Crippen molar-refractivity contribution in [3.63, 3.8) is 0 Å². The first-order chi connectivity index (χ1) is 5.79. The molecule has 0 aliphatic carbocycles. The summed E-state index contributed by atoms with van der Waals surface area (Å²) in [6, 6.07) is 6.18. The van der Waals surface area contributed by atoms with E-state index >= 15 is 0 Å². The minimum atomic E-state index is 0.601. The van der Waals surface area contributed by atoms with Gasteiger partial charge in [-0.05, 0) is 23.4 Å². The molecule has 0 saturated heterocycles. The summed E-state index contributed by atoms with van der Waals surface area (Å²) < 4.78 is 1.11. The van der Waals surface area contributed by atoms with Gasteiger partial charge in [0.2, 0.25) is 0 Å². The number of benzene rings is 1. The lowest BCUT2D eigenvalue weighted by atomic mass is 10.2. The molecule has 0 amide bonds. The van der Waals surface area contributed by atoms with Gasteiger partial charge in [0.15, 0.2) is 0 Å². The molecule has 1 aromatic carbocycles. The van der Waals surface area contributed by atoms with E-state index in [0.717, 1.165) is 10.2 Å². The maximum atomic E-state index is 5.64. The monoisotopic (exact) mass is 245 g/mol. The molecule has 3 heteroatoms. The van der Waals surface area contributed by atoms with E-state index in [-0.39, 0.29) is 0 Å². The molecule has 0 aliphatic heterocycles. The summed E-state index contributed by atoms with van der Waals surface area (Å²) in [5.41, 5.74) is 6.85. The van der Waals surface area contributed by atoms with E-state index < -0.39 is 0 Å². The Bertz CT molecular complexity index is 263. The first kappa shape index (κ1) is 10.1. The van der Waals surface area contributed by atoms with Crippen LogP contribution in [0, 0.1) is 0 Å². The van der Waals surface area contributed by atoms with Gasteiger partial charge in [0.25, 0.3) is 0 Å². The fraction of sp³-hybridized carbons (Fsp3) is 0.333. The normalized spacial score (nSPS) is 10.2. The molecule has 0 atom stereocenters. The van der Waals surface area contributed by atoms with E-state index in [1.807, 2.05) is 23.9 Å². The molecule has 0 aliphatic rings. The van der Waals surface area contributed by atoms with Crippen molar-refractivity contribution in [3.05, 3.63) is 28.2 Å². The number of rotatable bonds is 3. The highest BCUT2D eigenvalue weighted by molar-refractivity contribution is 9.10. The SMILES string of the molecule is CCSc1cccc(Br)c1CN. The van der Waals surface area contributed by atoms with Crippen molar-refractivity contribution in [2.75, 3.05) is 5.75 Å². The minimum Gasteiger partial charge on any atom is -0.326 e. The second-order valence-electron chi connectivity index (χ2n) is 2.35. The first-order valence-corrected chi connectivity index (χ1v) is 5.67. The third-order valence-corrected chi connectivity index (χ3v) is 3.30. The van der Waals surface area contributed by atoms with Crippen molar-refractivity contribution < 1.29 is 0 Å². The topological polar surface area (TPSA) is 26.0 Å². The van der Waals surface area contributed by atoms with Crippen molar-refractivity contribution >= 4 is 27.7 Å². The first-order valence-electron chi connectivity index (χ1n) is 3.89. The third-order valence-electron chi connectivity index (χ3n) is 1.58. The molecule has 1 aromatic rings. The molecule has 66 valence electrons. The highest BCUT2D eigenvalue weighted by atomic mass is 79.9. The molecule has 0 fully saturated rings. The zero-order valence-electron chi connectivity index (χ0n) is 7.01. The van der Waals surface area contributed by atoms with Crippen molar-refractivity contribution in [3.8, 4) is 0 Å². The van der Waals surface area contributed by atoms with Gasteiger partial charge in [-0.25, -0.2) is 0 Å². The predicted molar refractivity (Wildman–Crippen MR) is 58.4 cm³/mol. The van der Waals surface area contributed by atoms with Gasteiger partial charge in [0.1, 0.15) is 0 Å². The van der Waals surface area contributed by atoms with Crippen LogP contribution in [0.1, 0.15) is 12.5 Å². The standard InChI is InChI=1S/C9H12BrNS/c1-2-12-9-5-3-4-8(10)7(9)6-11/h3-5H,2,6,11H2,1H3. The van der Waals surface area contributed by atoms with E-state index in [9.17, 15) is 0 Å². The highest BCUT2D eigenvalue weighted by Gasteiger charge is 2.03. The molecule has 1 rings (SSSR count). The average Bonchev–Trinajstić information content (AvgIpc) is 2.05. The minimum absolute atomic E-state index is 0.601. The van der Waals surface area contributed by atoms with Crippen LogP contribution in [0.2, 0.25) is 0 Å². The molecular weight excluding hydrogens is 234 g/mol. The molecule has 0 spiro atoms. The zero-order chi connectivity index (χ0) is 8.97. The second-order valence-corrected chi connectivity index (χ2v) is 4.51. The summed E-state index contributed by atoms with van der Waals surface area (Å²) in [5, 5.41) is 0. The van der Waals surface area contributed by atoms with Gasteiger partial charge in [-0.3, -0.25) is 0 Å². The van der Waals surface area contributed by atoms with Gasteiger partial charge in [-0.1, -0.05) is 28.9 Å². The zero-order valence-corrected chi connectivity index (χ0v) is 9.41. The van der Waals surface area contributed by atoms with Crippen LogP contribution in [0.5, 0.6) is 0 Å². The molecule has 0 heterocycles. The van der Waals surface area contributed by atoms with Crippen molar-refractivity contribution in [2.45, 2.75) is 18.4 Å². The summed E-state index contributed by atoms with van der Waals surface area (Å²) in [6.45, 7) is 2.75. The van der Waals surface area contributed by atoms with Gasteiger partial charge in [0.05, 0.1) is 0 Å². The maximum absolute atomic E-state index is 5.64. The lowest BCUT2D eigenvalue weighted by Crippen LogP contribution is -1.99. The van der Waals surface area contributed by atoms with Crippen molar-refractivity contribution in [2.24, 2.45) is 5.73 Å². The molecule has 2 N–H and O–H groups in total. The molecule has 12 heavy (non-hydrogen) atoms. The summed E-state index contributed by atoms with van der Waals surface area (Å²) in [4.78, 5) is 1.29. The van der Waals surface area contributed by atoms with Crippen LogP contribution in [0.3, 0.4) is 0 Å². The number of nitrogens with two attached hydrogens (primary N) is 1. The Kier molecular flexibility index (Phi) is 4.12. The van der Waals surface area contributed by atoms with Crippen molar-refractivity contribution in [1.82, 2.24) is 0 Å². The molecule has 0 radical (unpaired) electrons. The van der Waals surface area contributed by atoms with Gasteiger partial charge in [-0.15, -0.1) is 11.8 Å². The highest BCUT2D eigenvalue weighted by Crippen LogP contribution is 2.27. The number of halogens is 1. The fourth-order valence-electron chi connectivity index (χ4n) is 1.03. The maximum Gasteiger partial charge on any atom is 0.0231 e. The number of thioether (sulfide) groups is 1. The molecular formula is C9H12BrNS. The smallest absolute Gasteiger partial charge is 0.0231 e. The van der Waals surface area contributed by atoms with Crippen LogP contribution in [0.25, 0.3) is 0 Å². The molecule has 1 nitrogen and oxygen atoms in total. The molecule has 0 saturated carbocycles. The second kappa shape index (κ2) is 4.90. The third kappa shape index (κ3) is 2.25. The number of hydrogen-bond donors (Lipinski definition) is 1. The Morgan fingerprint density at radius 2 is 2.25 bits per heavy atom. The van der Waals surface area contributed by atoms with Crippen LogP contribution in [0.4, 0.5) is 0 Å².